The molecule has 0 aromatic heterocycles. The van der Waals surface area contributed by atoms with Crippen LogP contribution >= 0.6 is 0 Å². The molecule has 4 nitrogen and oxygen atoms in total. The molecule has 2 fully saturated rings. The maximum atomic E-state index is 12.0. The quantitative estimate of drug-likeness (QED) is 0.674. The number of piperidine rings is 1. The molecule has 0 bridgehead atoms. The molecular weight excluding hydrogens is 228 g/mol. The van der Waals surface area contributed by atoms with Gasteiger partial charge in [-0.1, -0.05) is 0 Å². The van der Waals surface area contributed by atoms with Gasteiger partial charge in [0.2, 0.25) is 5.91 Å². The van der Waals surface area contributed by atoms with Crippen LogP contribution < -0.4 is 10.6 Å². The molecule has 0 aromatic carbocycles. The number of amides is 1. The van der Waals surface area contributed by atoms with Crippen LogP contribution in [0.25, 0.3) is 0 Å². The average molecular weight is 254 g/mol. The molecule has 1 heterocycles. The Kier molecular flexibility index (Phi) is 5.01. The van der Waals surface area contributed by atoms with Gasteiger partial charge in [0, 0.05) is 25.7 Å². The van der Waals surface area contributed by atoms with Crippen molar-refractivity contribution in [2.75, 3.05) is 32.8 Å². The summed E-state index contributed by atoms with van der Waals surface area (Å²) in [5.74, 6) is 0.494. The highest BCUT2D eigenvalue weighted by Crippen LogP contribution is 2.48. The second-order valence-electron chi connectivity index (χ2n) is 5.69. The molecule has 1 amide bonds. The van der Waals surface area contributed by atoms with Crippen LogP contribution in [0.15, 0.2) is 0 Å². The lowest BCUT2D eigenvalue weighted by atomic mass is 9.96. The second kappa shape index (κ2) is 6.53. The number of hydrogen-bond donors (Lipinski definition) is 2. The van der Waals surface area contributed by atoms with Crippen LogP contribution in [0.2, 0.25) is 0 Å². The molecule has 104 valence electrons. The molecule has 18 heavy (non-hydrogen) atoms. The summed E-state index contributed by atoms with van der Waals surface area (Å²) < 4.78 is 5.41. The van der Waals surface area contributed by atoms with Gasteiger partial charge in [0.1, 0.15) is 0 Å². The highest BCUT2D eigenvalue weighted by atomic mass is 16.5. The predicted octanol–water partition coefficient (Wildman–Crippen LogP) is 1.31. The molecule has 0 radical (unpaired) electrons. The topological polar surface area (TPSA) is 50.4 Å². The Bertz CT molecular complexity index is 271. The van der Waals surface area contributed by atoms with Gasteiger partial charge in [-0.15, -0.1) is 0 Å². The Labute approximate surface area is 110 Å². The minimum Gasteiger partial charge on any atom is -0.382 e. The van der Waals surface area contributed by atoms with Gasteiger partial charge in [-0.05, 0) is 57.5 Å². The SMILES string of the molecule is CCOCCC1(CNC(=O)C2CCNCC2)CC1. The summed E-state index contributed by atoms with van der Waals surface area (Å²) in [4.78, 5) is 12.0. The monoisotopic (exact) mass is 254 g/mol. The first kappa shape index (κ1) is 13.8. The van der Waals surface area contributed by atoms with E-state index in [0.29, 0.717) is 5.41 Å². The van der Waals surface area contributed by atoms with Crippen molar-refractivity contribution >= 4 is 5.91 Å². The van der Waals surface area contributed by atoms with Crippen molar-refractivity contribution in [1.82, 2.24) is 10.6 Å². The second-order valence-corrected chi connectivity index (χ2v) is 5.69. The Morgan fingerprint density at radius 1 is 1.39 bits per heavy atom. The lowest BCUT2D eigenvalue weighted by Crippen LogP contribution is -2.40. The van der Waals surface area contributed by atoms with Gasteiger partial charge >= 0.3 is 0 Å². The fraction of sp³-hybridized carbons (Fsp3) is 0.929. The molecule has 1 saturated carbocycles. The van der Waals surface area contributed by atoms with Crippen LogP contribution in [-0.2, 0) is 9.53 Å². The van der Waals surface area contributed by atoms with Crippen molar-refractivity contribution in [3.8, 4) is 0 Å². The molecule has 0 spiro atoms. The van der Waals surface area contributed by atoms with Gasteiger partial charge in [0.25, 0.3) is 0 Å². The molecule has 0 atom stereocenters. The van der Waals surface area contributed by atoms with Gasteiger partial charge in [0.15, 0.2) is 0 Å². The third-order valence-electron chi connectivity index (χ3n) is 4.29. The normalized spacial score (nSPS) is 22.7. The van der Waals surface area contributed by atoms with Crippen molar-refractivity contribution in [1.29, 1.82) is 0 Å². The highest BCUT2D eigenvalue weighted by Gasteiger charge is 2.42. The van der Waals surface area contributed by atoms with Crippen LogP contribution in [0.5, 0.6) is 0 Å². The lowest BCUT2D eigenvalue weighted by molar-refractivity contribution is -0.126. The zero-order valence-electron chi connectivity index (χ0n) is 11.5. The first-order valence-corrected chi connectivity index (χ1v) is 7.32. The van der Waals surface area contributed by atoms with Gasteiger partial charge in [0.05, 0.1) is 0 Å². The van der Waals surface area contributed by atoms with Gasteiger partial charge in [-0.2, -0.15) is 0 Å². The number of carbonyl (C=O) groups excluding carboxylic acids is 1. The fourth-order valence-corrected chi connectivity index (χ4v) is 2.63. The highest BCUT2D eigenvalue weighted by molar-refractivity contribution is 5.78. The molecule has 0 unspecified atom stereocenters. The molecular formula is C14H26N2O2. The maximum absolute atomic E-state index is 12.0. The van der Waals surface area contributed by atoms with Crippen molar-refractivity contribution < 1.29 is 9.53 Å². The molecule has 1 aliphatic heterocycles. The molecule has 2 rings (SSSR count). The Hall–Kier alpha value is -0.610. The minimum atomic E-state index is 0.231. The molecule has 1 saturated heterocycles. The van der Waals surface area contributed by atoms with Crippen LogP contribution in [0.3, 0.4) is 0 Å². The van der Waals surface area contributed by atoms with Crippen LogP contribution in [0.4, 0.5) is 0 Å². The summed E-state index contributed by atoms with van der Waals surface area (Å²) in [7, 11) is 0. The minimum absolute atomic E-state index is 0.231. The van der Waals surface area contributed by atoms with Crippen LogP contribution in [-0.4, -0.2) is 38.8 Å². The number of nitrogens with one attached hydrogen (secondary N) is 2. The maximum Gasteiger partial charge on any atom is 0.223 e. The average Bonchev–Trinajstić information content (AvgIpc) is 3.18. The Morgan fingerprint density at radius 3 is 2.72 bits per heavy atom. The predicted molar refractivity (Wildman–Crippen MR) is 71.4 cm³/mol. The number of rotatable bonds is 7. The van der Waals surface area contributed by atoms with Crippen LogP contribution in [0, 0.1) is 11.3 Å². The van der Waals surface area contributed by atoms with Crippen molar-refractivity contribution in [3.05, 3.63) is 0 Å². The standard InChI is InChI=1S/C14H26N2O2/c1-2-18-10-7-14(5-6-14)11-16-13(17)12-3-8-15-9-4-12/h12,15H,2-11H2,1H3,(H,16,17). The van der Waals surface area contributed by atoms with E-state index in [-0.39, 0.29) is 11.8 Å². The summed E-state index contributed by atoms with van der Waals surface area (Å²) >= 11 is 0. The Balaban J connectivity index is 1.65. The van der Waals surface area contributed by atoms with Gasteiger partial charge in [-0.3, -0.25) is 4.79 Å². The fourth-order valence-electron chi connectivity index (χ4n) is 2.63. The van der Waals surface area contributed by atoms with E-state index >= 15 is 0 Å². The number of carbonyl (C=O) groups is 1. The van der Waals surface area contributed by atoms with E-state index < -0.39 is 0 Å². The third-order valence-corrected chi connectivity index (χ3v) is 4.29. The number of hydrogen-bond acceptors (Lipinski definition) is 3. The third kappa shape index (κ3) is 3.95. The largest absolute Gasteiger partial charge is 0.382 e. The van der Waals surface area contributed by atoms with E-state index in [1.54, 1.807) is 0 Å². The van der Waals surface area contributed by atoms with E-state index in [1.165, 1.54) is 12.8 Å². The zero-order chi connectivity index (χ0) is 12.8. The first-order valence-electron chi connectivity index (χ1n) is 7.32. The van der Waals surface area contributed by atoms with Crippen molar-refractivity contribution in [2.24, 2.45) is 11.3 Å². The molecule has 4 heteroatoms. The van der Waals surface area contributed by atoms with E-state index in [0.717, 1.165) is 52.1 Å². The zero-order valence-corrected chi connectivity index (χ0v) is 11.5. The van der Waals surface area contributed by atoms with Gasteiger partial charge in [-0.25, -0.2) is 0 Å². The molecule has 2 aliphatic rings. The lowest BCUT2D eigenvalue weighted by Gasteiger charge is -2.23. The van der Waals surface area contributed by atoms with Crippen molar-refractivity contribution in [2.45, 2.75) is 39.0 Å². The van der Waals surface area contributed by atoms with E-state index in [2.05, 4.69) is 10.6 Å². The van der Waals surface area contributed by atoms with Crippen LogP contribution in [0.1, 0.15) is 39.0 Å². The molecule has 0 aromatic rings. The summed E-state index contributed by atoms with van der Waals surface area (Å²) in [6.45, 7) is 6.46. The first-order chi connectivity index (χ1) is 8.76. The van der Waals surface area contributed by atoms with E-state index in [9.17, 15) is 4.79 Å². The number of ether oxygens (including phenoxy) is 1. The summed E-state index contributed by atoms with van der Waals surface area (Å²) in [5, 5.41) is 6.45. The molecule has 2 N–H and O–H groups in total. The summed E-state index contributed by atoms with van der Waals surface area (Å²) in [6, 6.07) is 0. The molecule has 1 aliphatic carbocycles. The summed E-state index contributed by atoms with van der Waals surface area (Å²) in [6.07, 6.45) is 5.54. The van der Waals surface area contributed by atoms with Gasteiger partial charge < -0.3 is 15.4 Å². The van der Waals surface area contributed by atoms with E-state index in [1.807, 2.05) is 6.92 Å². The smallest absolute Gasteiger partial charge is 0.223 e. The van der Waals surface area contributed by atoms with E-state index in [4.69, 9.17) is 4.74 Å². The summed E-state index contributed by atoms with van der Waals surface area (Å²) in [5.41, 5.74) is 0.359. The van der Waals surface area contributed by atoms with Crippen molar-refractivity contribution in [3.63, 3.8) is 0 Å². The Morgan fingerprint density at radius 2 is 2.11 bits per heavy atom.